The van der Waals surface area contributed by atoms with Gasteiger partial charge in [-0.25, -0.2) is 14.6 Å². The molecule has 28 heavy (non-hydrogen) atoms. The number of carbonyl (C=O) groups is 1. The van der Waals surface area contributed by atoms with Gasteiger partial charge in [0.1, 0.15) is 24.6 Å². The summed E-state index contributed by atoms with van der Waals surface area (Å²) in [6, 6.07) is 13.8. The van der Waals surface area contributed by atoms with Gasteiger partial charge in [-0.2, -0.15) is 0 Å². The summed E-state index contributed by atoms with van der Waals surface area (Å²) in [4.78, 5) is 28.9. The second-order valence-corrected chi connectivity index (χ2v) is 6.50. The molecular formula is C21H18N2O5. The van der Waals surface area contributed by atoms with Gasteiger partial charge in [0.15, 0.2) is 5.58 Å². The van der Waals surface area contributed by atoms with Crippen molar-refractivity contribution < 1.29 is 18.4 Å². The maximum atomic E-state index is 12.4. The van der Waals surface area contributed by atoms with Crippen molar-refractivity contribution in [3.8, 4) is 11.5 Å². The van der Waals surface area contributed by atoms with E-state index in [9.17, 15) is 9.59 Å². The molecule has 7 nitrogen and oxygen atoms in total. The molecule has 4 rings (SSSR count). The smallest absolute Gasteiger partial charge is 0.420 e. The van der Waals surface area contributed by atoms with Crippen molar-refractivity contribution in [2.45, 2.75) is 26.5 Å². The number of benzene rings is 2. The maximum Gasteiger partial charge on any atom is 0.420 e. The molecule has 7 heteroatoms. The van der Waals surface area contributed by atoms with Crippen LogP contribution in [0.5, 0.6) is 0 Å². The third-order valence-corrected chi connectivity index (χ3v) is 4.46. The Bertz CT molecular complexity index is 1180. The van der Waals surface area contributed by atoms with E-state index in [-0.39, 0.29) is 6.61 Å². The highest BCUT2D eigenvalue weighted by atomic mass is 16.5. The van der Waals surface area contributed by atoms with Gasteiger partial charge < -0.3 is 13.6 Å². The minimum Gasteiger partial charge on any atom is -0.458 e. The SMILES string of the molecule is Cc1ccc(-c2nc(COC(=O)C(C)n3c(=O)oc4ccccc43)co2)cc1. The van der Waals surface area contributed by atoms with E-state index in [0.29, 0.717) is 22.7 Å². The number of carbonyl (C=O) groups excluding carboxylic acids is 1. The first-order valence-corrected chi connectivity index (χ1v) is 8.81. The van der Waals surface area contributed by atoms with E-state index in [0.717, 1.165) is 11.1 Å². The summed E-state index contributed by atoms with van der Waals surface area (Å²) in [6.45, 7) is 3.54. The number of fused-ring (bicyclic) bond motifs is 1. The second-order valence-electron chi connectivity index (χ2n) is 6.50. The highest BCUT2D eigenvalue weighted by Crippen LogP contribution is 2.21. The molecule has 0 spiro atoms. The summed E-state index contributed by atoms with van der Waals surface area (Å²) >= 11 is 0. The molecule has 0 N–H and O–H groups in total. The number of hydrogen-bond donors (Lipinski definition) is 0. The van der Waals surface area contributed by atoms with Crippen LogP contribution >= 0.6 is 0 Å². The normalized spacial score (nSPS) is 12.2. The fourth-order valence-electron chi connectivity index (χ4n) is 2.92. The van der Waals surface area contributed by atoms with E-state index >= 15 is 0 Å². The Kier molecular flexibility index (Phi) is 4.57. The Labute approximate surface area is 160 Å². The number of nitrogens with zero attached hydrogens (tertiary/aromatic N) is 2. The number of aryl methyl sites for hydroxylation is 1. The molecule has 4 aromatic rings. The zero-order valence-electron chi connectivity index (χ0n) is 15.4. The number of oxazole rings is 2. The van der Waals surface area contributed by atoms with E-state index in [4.69, 9.17) is 13.6 Å². The topological polar surface area (TPSA) is 87.5 Å². The lowest BCUT2D eigenvalue weighted by Gasteiger charge is -2.11. The fourth-order valence-corrected chi connectivity index (χ4v) is 2.92. The molecule has 142 valence electrons. The number of rotatable bonds is 5. The number of esters is 1. The molecule has 0 radical (unpaired) electrons. The molecule has 0 saturated carbocycles. The van der Waals surface area contributed by atoms with Crippen LogP contribution in [0.15, 0.2) is 68.4 Å². The Morgan fingerprint density at radius 3 is 2.71 bits per heavy atom. The molecule has 0 aliphatic heterocycles. The van der Waals surface area contributed by atoms with Crippen LogP contribution in [0.4, 0.5) is 0 Å². The van der Waals surface area contributed by atoms with Crippen molar-refractivity contribution >= 4 is 17.1 Å². The van der Waals surface area contributed by atoms with Crippen LogP contribution in [0.3, 0.4) is 0 Å². The highest BCUT2D eigenvalue weighted by molar-refractivity contribution is 5.79. The monoisotopic (exact) mass is 378 g/mol. The summed E-state index contributed by atoms with van der Waals surface area (Å²) < 4.78 is 17.2. The summed E-state index contributed by atoms with van der Waals surface area (Å²) in [5.74, 6) is -0.710. The molecule has 0 aliphatic rings. The molecular weight excluding hydrogens is 360 g/mol. The van der Waals surface area contributed by atoms with Crippen LogP contribution in [-0.4, -0.2) is 15.5 Å². The molecule has 2 aromatic carbocycles. The molecule has 0 saturated heterocycles. The first-order chi connectivity index (χ1) is 13.5. The fraction of sp³-hybridized carbons (Fsp3) is 0.190. The molecule has 0 amide bonds. The molecule has 1 atom stereocenters. The Balaban J connectivity index is 1.46. The Hall–Kier alpha value is -3.61. The molecule has 1 unspecified atom stereocenters. The highest BCUT2D eigenvalue weighted by Gasteiger charge is 2.23. The van der Waals surface area contributed by atoms with E-state index in [1.54, 1.807) is 31.2 Å². The van der Waals surface area contributed by atoms with Gasteiger partial charge in [-0.05, 0) is 38.1 Å². The van der Waals surface area contributed by atoms with Crippen LogP contribution in [-0.2, 0) is 16.1 Å². The maximum absolute atomic E-state index is 12.4. The van der Waals surface area contributed by atoms with E-state index in [1.807, 2.05) is 31.2 Å². The van der Waals surface area contributed by atoms with E-state index in [2.05, 4.69) is 4.98 Å². The number of ether oxygens (including phenoxy) is 1. The molecule has 2 aromatic heterocycles. The quantitative estimate of drug-likeness (QED) is 0.490. The van der Waals surface area contributed by atoms with Crippen LogP contribution in [0.1, 0.15) is 24.2 Å². The van der Waals surface area contributed by atoms with Gasteiger partial charge in [-0.15, -0.1) is 0 Å². The standard InChI is InChI=1S/C21H18N2O5/c1-13-7-9-15(10-8-13)19-22-16(11-26-19)12-27-20(24)14(2)23-17-5-3-4-6-18(17)28-21(23)25/h3-11,14H,12H2,1-2H3. The van der Waals surface area contributed by atoms with Gasteiger partial charge in [-0.1, -0.05) is 29.8 Å². The third-order valence-electron chi connectivity index (χ3n) is 4.46. The van der Waals surface area contributed by atoms with Gasteiger partial charge >= 0.3 is 11.7 Å². The average Bonchev–Trinajstić information content (AvgIpc) is 3.29. The molecule has 0 aliphatic carbocycles. The van der Waals surface area contributed by atoms with Crippen LogP contribution in [0.25, 0.3) is 22.6 Å². The number of para-hydroxylation sites is 2. The molecule has 2 heterocycles. The predicted molar refractivity (Wildman–Crippen MR) is 102 cm³/mol. The first-order valence-electron chi connectivity index (χ1n) is 8.81. The summed E-state index contributed by atoms with van der Waals surface area (Å²) in [5, 5.41) is 0. The van der Waals surface area contributed by atoms with Gasteiger partial charge in [0, 0.05) is 5.56 Å². The minimum atomic E-state index is -0.834. The van der Waals surface area contributed by atoms with Crippen molar-refractivity contribution in [1.29, 1.82) is 0 Å². The lowest BCUT2D eigenvalue weighted by atomic mass is 10.1. The average molecular weight is 378 g/mol. The largest absolute Gasteiger partial charge is 0.458 e. The number of hydrogen-bond acceptors (Lipinski definition) is 6. The lowest BCUT2D eigenvalue weighted by Crippen LogP contribution is -2.26. The van der Waals surface area contributed by atoms with Crippen molar-refractivity contribution in [2.75, 3.05) is 0 Å². The number of aromatic nitrogens is 2. The first kappa shape index (κ1) is 17.8. The predicted octanol–water partition coefficient (Wildman–Crippen LogP) is 3.86. The second kappa shape index (κ2) is 7.19. The summed E-state index contributed by atoms with van der Waals surface area (Å²) in [5.41, 5.74) is 3.43. The zero-order chi connectivity index (χ0) is 19.7. The van der Waals surface area contributed by atoms with Crippen LogP contribution in [0, 0.1) is 6.92 Å². The van der Waals surface area contributed by atoms with Crippen molar-refractivity contribution in [1.82, 2.24) is 9.55 Å². The zero-order valence-corrected chi connectivity index (χ0v) is 15.4. The lowest BCUT2D eigenvalue weighted by molar-refractivity contribution is -0.148. The van der Waals surface area contributed by atoms with Crippen LogP contribution in [0.2, 0.25) is 0 Å². The minimum absolute atomic E-state index is 0.0525. The van der Waals surface area contributed by atoms with Crippen molar-refractivity contribution in [2.24, 2.45) is 0 Å². The van der Waals surface area contributed by atoms with E-state index in [1.165, 1.54) is 10.8 Å². The Morgan fingerprint density at radius 2 is 1.93 bits per heavy atom. The van der Waals surface area contributed by atoms with E-state index < -0.39 is 17.8 Å². The van der Waals surface area contributed by atoms with Gasteiger partial charge in [0.2, 0.25) is 5.89 Å². The van der Waals surface area contributed by atoms with Gasteiger partial charge in [0.25, 0.3) is 0 Å². The van der Waals surface area contributed by atoms with Crippen molar-refractivity contribution in [3.63, 3.8) is 0 Å². The summed E-state index contributed by atoms with van der Waals surface area (Å²) in [6.07, 6.45) is 1.45. The van der Waals surface area contributed by atoms with Crippen molar-refractivity contribution in [3.05, 3.63) is 76.6 Å². The van der Waals surface area contributed by atoms with Gasteiger partial charge in [-0.3, -0.25) is 4.57 Å². The van der Waals surface area contributed by atoms with Crippen LogP contribution < -0.4 is 5.76 Å². The Morgan fingerprint density at radius 1 is 1.18 bits per heavy atom. The summed E-state index contributed by atoms with van der Waals surface area (Å²) in [7, 11) is 0. The third kappa shape index (κ3) is 3.34. The molecule has 0 fully saturated rings. The molecule has 0 bridgehead atoms. The van der Waals surface area contributed by atoms with Gasteiger partial charge in [0.05, 0.1) is 5.52 Å².